The molecule has 0 aliphatic heterocycles. The molecule has 0 aromatic rings. The Labute approximate surface area is 48.5 Å². The summed E-state index contributed by atoms with van der Waals surface area (Å²) in [6.07, 6.45) is 0. The summed E-state index contributed by atoms with van der Waals surface area (Å²) in [5, 5.41) is 3.34. The molecule has 0 heterocycles. The first-order valence-corrected chi connectivity index (χ1v) is 2.10. The lowest BCUT2D eigenvalue weighted by atomic mass is 10.6. The molecule has 8 heavy (non-hydrogen) atoms. The molecule has 0 bridgehead atoms. The minimum Gasteiger partial charge on any atom is -0.397 e. The van der Waals surface area contributed by atoms with Gasteiger partial charge in [0.2, 0.25) is 5.84 Å². The lowest BCUT2D eigenvalue weighted by molar-refractivity contribution is 0.213. The minimum absolute atomic E-state index is 0.204. The lowest BCUT2D eigenvalue weighted by Gasteiger charge is -1.84. The van der Waals surface area contributed by atoms with Gasteiger partial charge in [-0.05, 0) is 12.8 Å². The SMILES string of the molecule is CC#C/C(N)=N/OC. The van der Waals surface area contributed by atoms with E-state index in [2.05, 4.69) is 21.8 Å². The number of rotatable bonds is 1. The molecule has 0 saturated heterocycles. The van der Waals surface area contributed by atoms with Crippen molar-refractivity contribution >= 4 is 5.84 Å². The maximum absolute atomic E-state index is 5.15. The largest absolute Gasteiger partial charge is 0.397 e. The van der Waals surface area contributed by atoms with Crippen molar-refractivity contribution < 1.29 is 4.84 Å². The van der Waals surface area contributed by atoms with Crippen LogP contribution in [-0.4, -0.2) is 12.9 Å². The summed E-state index contributed by atoms with van der Waals surface area (Å²) in [4.78, 5) is 4.32. The number of hydrogen-bond acceptors (Lipinski definition) is 2. The van der Waals surface area contributed by atoms with Crippen molar-refractivity contribution in [3.63, 3.8) is 0 Å². The Morgan fingerprint density at radius 3 is 2.75 bits per heavy atom. The molecule has 0 saturated carbocycles. The first-order chi connectivity index (χ1) is 3.81. The second-order valence-electron chi connectivity index (χ2n) is 1.03. The van der Waals surface area contributed by atoms with Crippen LogP contribution in [0.3, 0.4) is 0 Å². The third kappa shape index (κ3) is 3.04. The van der Waals surface area contributed by atoms with Crippen molar-refractivity contribution in [3.8, 4) is 11.8 Å². The summed E-state index contributed by atoms with van der Waals surface area (Å²) in [6, 6.07) is 0. The van der Waals surface area contributed by atoms with Crippen molar-refractivity contribution in [1.82, 2.24) is 0 Å². The number of hydrogen-bond donors (Lipinski definition) is 1. The number of nitrogens with two attached hydrogens (primary N) is 1. The van der Waals surface area contributed by atoms with Crippen molar-refractivity contribution in [2.24, 2.45) is 10.9 Å². The molecule has 0 aliphatic carbocycles. The van der Waals surface area contributed by atoms with Gasteiger partial charge < -0.3 is 10.6 Å². The monoisotopic (exact) mass is 112 g/mol. The van der Waals surface area contributed by atoms with E-state index in [1.807, 2.05) is 0 Å². The molecule has 2 N–H and O–H groups in total. The molecule has 3 heteroatoms. The summed E-state index contributed by atoms with van der Waals surface area (Å²) < 4.78 is 0. The Morgan fingerprint density at radius 1 is 1.75 bits per heavy atom. The van der Waals surface area contributed by atoms with Crippen LogP contribution in [0.1, 0.15) is 6.92 Å². The maximum atomic E-state index is 5.15. The zero-order chi connectivity index (χ0) is 6.41. The second kappa shape index (κ2) is 4.00. The fraction of sp³-hybridized carbons (Fsp3) is 0.400. The van der Waals surface area contributed by atoms with Crippen LogP contribution in [-0.2, 0) is 4.84 Å². The molecule has 3 nitrogen and oxygen atoms in total. The van der Waals surface area contributed by atoms with E-state index in [1.54, 1.807) is 6.92 Å². The molecule has 0 spiro atoms. The van der Waals surface area contributed by atoms with E-state index in [0.29, 0.717) is 0 Å². The molecule has 0 aromatic heterocycles. The maximum Gasteiger partial charge on any atom is 0.214 e. The summed E-state index contributed by atoms with van der Waals surface area (Å²) in [5.41, 5.74) is 5.15. The van der Waals surface area contributed by atoms with Crippen LogP contribution in [0.4, 0.5) is 0 Å². The van der Waals surface area contributed by atoms with Crippen LogP contribution in [0.25, 0.3) is 0 Å². The van der Waals surface area contributed by atoms with E-state index >= 15 is 0 Å². The second-order valence-corrected chi connectivity index (χ2v) is 1.03. The van der Waals surface area contributed by atoms with Gasteiger partial charge in [-0.25, -0.2) is 0 Å². The molecule has 0 fully saturated rings. The molecule has 44 valence electrons. The molecule has 0 rings (SSSR count). The average molecular weight is 112 g/mol. The minimum atomic E-state index is 0.204. The molecule has 0 amide bonds. The molecular weight excluding hydrogens is 104 g/mol. The molecule has 0 aromatic carbocycles. The van der Waals surface area contributed by atoms with Gasteiger partial charge in [-0.2, -0.15) is 0 Å². The van der Waals surface area contributed by atoms with E-state index in [9.17, 15) is 0 Å². The number of oxime groups is 1. The fourth-order valence-electron chi connectivity index (χ4n) is 0.249. The van der Waals surface area contributed by atoms with Gasteiger partial charge in [0.1, 0.15) is 7.11 Å². The van der Waals surface area contributed by atoms with Gasteiger partial charge in [0.05, 0.1) is 0 Å². The van der Waals surface area contributed by atoms with Gasteiger partial charge in [0, 0.05) is 0 Å². The number of amidine groups is 1. The zero-order valence-corrected chi connectivity index (χ0v) is 4.93. The third-order valence-corrected chi connectivity index (χ3v) is 0.443. The van der Waals surface area contributed by atoms with Crippen molar-refractivity contribution in [2.45, 2.75) is 6.92 Å². The first-order valence-electron chi connectivity index (χ1n) is 2.10. The quantitative estimate of drug-likeness (QED) is 0.223. The Kier molecular flexibility index (Phi) is 3.42. The smallest absolute Gasteiger partial charge is 0.214 e. The Balaban J connectivity index is 3.74. The van der Waals surface area contributed by atoms with Crippen molar-refractivity contribution in [1.29, 1.82) is 0 Å². The van der Waals surface area contributed by atoms with Gasteiger partial charge in [-0.15, -0.1) is 0 Å². The molecular formula is C5H8N2O. The van der Waals surface area contributed by atoms with E-state index in [4.69, 9.17) is 5.73 Å². The summed E-state index contributed by atoms with van der Waals surface area (Å²) in [7, 11) is 1.42. The van der Waals surface area contributed by atoms with Gasteiger partial charge in [0.25, 0.3) is 0 Å². The van der Waals surface area contributed by atoms with Crippen LogP contribution in [0, 0.1) is 11.8 Å². The highest BCUT2D eigenvalue weighted by atomic mass is 16.6. The Hall–Kier alpha value is -1.17. The topological polar surface area (TPSA) is 47.6 Å². The standard InChI is InChI=1S/C5H8N2O/c1-3-4-5(6)7-8-2/h1-2H3,(H2,6,7). The van der Waals surface area contributed by atoms with Crippen LogP contribution in [0.2, 0.25) is 0 Å². The number of nitrogens with zero attached hydrogens (tertiary/aromatic N) is 1. The highest BCUT2D eigenvalue weighted by molar-refractivity contribution is 5.96. The van der Waals surface area contributed by atoms with Crippen molar-refractivity contribution in [2.75, 3.05) is 7.11 Å². The Bertz CT molecular complexity index is 140. The highest BCUT2D eigenvalue weighted by Crippen LogP contribution is 1.66. The van der Waals surface area contributed by atoms with E-state index < -0.39 is 0 Å². The van der Waals surface area contributed by atoms with Crippen LogP contribution in [0.15, 0.2) is 5.16 Å². The molecule has 0 atom stereocenters. The van der Waals surface area contributed by atoms with E-state index in [0.717, 1.165) is 0 Å². The predicted octanol–water partition coefficient (Wildman–Crippen LogP) is -0.0717. The van der Waals surface area contributed by atoms with Crippen molar-refractivity contribution in [3.05, 3.63) is 0 Å². The van der Waals surface area contributed by atoms with Crippen LogP contribution in [0.5, 0.6) is 0 Å². The summed E-state index contributed by atoms with van der Waals surface area (Å²) >= 11 is 0. The van der Waals surface area contributed by atoms with Crippen LogP contribution < -0.4 is 5.73 Å². The van der Waals surface area contributed by atoms with Gasteiger partial charge in [0.15, 0.2) is 0 Å². The lowest BCUT2D eigenvalue weighted by Crippen LogP contribution is -2.07. The molecule has 0 aliphatic rings. The van der Waals surface area contributed by atoms with Gasteiger partial charge in [-0.1, -0.05) is 11.1 Å². The summed E-state index contributed by atoms with van der Waals surface area (Å²) in [6.45, 7) is 1.68. The highest BCUT2D eigenvalue weighted by Gasteiger charge is 1.76. The zero-order valence-electron chi connectivity index (χ0n) is 4.93. The Morgan fingerprint density at radius 2 is 2.38 bits per heavy atom. The fourth-order valence-corrected chi connectivity index (χ4v) is 0.249. The first kappa shape index (κ1) is 6.83. The molecule has 0 unspecified atom stereocenters. The van der Waals surface area contributed by atoms with E-state index in [-0.39, 0.29) is 5.84 Å². The summed E-state index contributed by atoms with van der Waals surface area (Å²) in [5.74, 6) is 5.27. The van der Waals surface area contributed by atoms with Gasteiger partial charge in [-0.3, -0.25) is 0 Å². The predicted molar refractivity (Wildman–Crippen MR) is 32.1 cm³/mol. The average Bonchev–Trinajstić information content (AvgIpc) is 1.68. The third-order valence-electron chi connectivity index (χ3n) is 0.443. The normalized spacial score (nSPS) is 9.50. The van der Waals surface area contributed by atoms with E-state index in [1.165, 1.54) is 7.11 Å². The van der Waals surface area contributed by atoms with Crippen LogP contribution >= 0.6 is 0 Å². The van der Waals surface area contributed by atoms with Gasteiger partial charge >= 0.3 is 0 Å². The molecule has 0 radical (unpaired) electrons.